The lowest BCUT2D eigenvalue weighted by Gasteiger charge is -2.39. The molecule has 5 rings (SSSR count). The highest BCUT2D eigenvalue weighted by molar-refractivity contribution is 5.59. The van der Waals surface area contributed by atoms with E-state index in [4.69, 9.17) is 9.84 Å². The summed E-state index contributed by atoms with van der Waals surface area (Å²) in [4.78, 5) is 0. The van der Waals surface area contributed by atoms with Gasteiger partial charge in [0.05, 0.1) is 0 Å². The second-order valence-electron chi connectivity index (χ2n) is 7.94. The summed E-state index contributed by atoms with van der Waals surface area (Å²) in [5.41, 5.74) is 4.50. The molecule has 2 aromatic heterocycles. The molecule has 0 amide bonds. The maximum absolute atomic E-state index is 5.69. The molecule has 6 nitrogen and oxygen atoms in total. The first-order chi connectivity index (χ1) is 14.8. The first kappa shape index (κ1) is 18.8. The predicted octanol–water partition coefficient (Wildman–Crippen LogP) is 4.26. The lowest BCUT2D eigenvalue weighted by molar-refractivity contribution is 0.0541. The van der Waals surface area contributed by atoms with E-state index in [-0.39, 0.29) is 5.41 Å². The van der Waals surface area contributed by atoms with Crippen LogP contribution < -0.4 is 5.32 Å². The van der Waals surface area contributed by atoms with Gasteiger partial charge in [0.15, 0.2) is 11.5 Å². The Morgan fingerprint density at radius 3 is 2.50 bits per heavy atom. The van der Waals surface area contributed by atoms with E-state index in [2.05, 4.69) is 46.7 Å². The van der Waals surface area contributed by atoms with Crippen molar-refractivity contribution in [2.75, 3.05) is 25.1 Å². The minimum atomic E-state index is 0.0374. The number of fused-ring (bicyclic) bond motifs is 1. The van der Waals surface area contributed by atoms with Gasteiger partial charge in [-0.1, -0.05) is 54.6 Å². The highest BCUT2D eigenvalue weighted by atomic mass is 16.5. The third-order valence-corrected chi connectivity index (χ3v) is 6.07. The second-order valence-corrected chi connectivity index (χ2v) is 7.94. The number of benzene rings is 2. The molecule has 0 spiro atoms. The van der Waals surface area contributed by atoms with Crippen molar-refractivity contribution in [2.45, 2.75) is 25.2 Å². The Morgan fingerprint density at radius 2 is 1.70 bits per heavy atom. The number of aromatic nitrogens is 4. The standard InChI is InChI=1S/C24H25N5O/c1-18-7-5-6-10-20(18)24(13-15-30-16-14-24)17-25-21-11-12-22-26-27-23(29(22)28-21)19-8-3-2-4-9-19/h2-12H,13-17H2,1H3,(H,25,28). The van der Waals surface area contributed by atoms with Gasteiger partial charge in [-0.05, 0) is 43.0 Å². The molecule has 1 saturated heterocycles. The fraction of sp³-hybridized carbons (Fsp3) is 0.292. The maximum atomic E-state index is 5.69. The minimum Gasteiger partial charge on any atom is -0.381 e. The smallest absolute Gasteiger partial charge is 0.185 e. The van der Waals surface area contributed by atoms with Crippen LogP contribution in [0.15, 0.2) is 66.7 Å². The normalized spacial score (nSPS) is 15.9. The Morgan fingerprint density at radius 1 is 0.933 bits per heavy atom. The zero-order valence-corrected chi connectivity index (χ0v) is 17.1. The van der Waals surface area contributed by atoms with E-state index in [1.165, 1.54) is 11.1 Å². The van der Waals surface area contributed by atoms with Crippen molar-refractivity contribution in [2.24, 2.45) is 0 Å². The first-order valence-corrected chi connectivity index (χ1v) is 10.4. The molecule has 0 atom stereocenters. The Balaban J connectivity index is 1.45. The quantitative estimate of drug-likeness (QED) is 0.543. The van der Waals surface area contributed by atoms with Gasteiger partial charge in [0.1, 0.15) is 5.82 Å². The molecular weight excluding hydrogens is 374 g/mol. The zero-order chi connectivity index (χ0) is 20.4. The van der Waals surface area contributed by atoms with Gasteiger partial charge in [-0.15, -0.1) is 15.3 Å². The van der Waals surface area contributed by atoms with Crippen molar-refractivity contribution in [3.8, 4) is 11.4 Å². The maximum Gasteiger partial charge on any atom is 0.185 e. The molecule has 1 aliphatic heterocycles. The number of ether oxygens (including phenoxy) is 1. The van der Waals surface area contributed by atoms with Crippen molar-refractivity contribution in [1.82, 2.24) is 19.8 Å². The Labute approximate surface area is 175 Å². The molecule has 1 fully saturated rings. The molecule has 1 aliphatic rings. The summed E-state index contributed by atoms with van der Waals surface area (Å²) in [6.45, 7) is 4.57. The number of nitrogens with zero attached hydrogens (tertiary/aromatic N) is 4. The van der Waals surface area contributed by atoms with Crippen LogP contribution in [-0.2, 0) is 10.2 Å². The first-order valence-electron chi connectivity index (χ1n) is 10.4. The van der Waals surface area contributed by atoms with Crippen LogP contribution in [0.2, 0.25) is 0 Å². The van der Waals surface area contributed by atoms with Crippen LogP contribution in [0.3, 0.4) is 0 Å². The molecule has 0 bridgehead atoms. The fourth-order valence-corrected chi connectivity index (χ4v) is 4.38. The average Bonchev–Trinajstić information content (AvgIpc) is 3.22. The van der Waals surface area contributed by atoms with Gasteiger partial charge >= 0.3 is 0 Å². The Kier molecular flexibility index (Phi) is 4.93. The largest absolute Gasteiger partial charge is 0.381 e. The lowest BCUT2D eigenvalue weighted by atomic mass is 9.72. The van der Waals surface area contributed by atoms with E-state index in [9.17, 15) is 0 Å². The molecule has 4 aromatic rings. The van der Waals surface area contributed by atoms with Gasteiger partial charge in [0, 0.05) is 30.7 Å². The van der Waals surface area contributed by atoms with E-state index in [1.54, 1.807) is 0 Å². The molecule has 0 saturated carbocycles. The zero-order valence-electron chi connectivity index (χ0n) is 17.1. The average molecular weight is 399 g/mol. The molecule has 2 aromatic carbocycles. The van der Waals surface area contributed by atoms with Crippen LogP contribution >= 0.6 is 0 Å². The van der Waals surface area contributed by atoms with Gasteiger partial charge < -0.3 is 10.1 Å². The number of anilines is 1. The summed E-state index contributed by atoms with van der Waals surface area (Å²) in [6, 6.07) is 22.6. The fourth-order valence-electron chi connectivity index (χ4n) is 4.38. The van der Waals surface area contributed by atoms with Crippen LogP contribution in [0.25, 0.3) is 17.0 Å². The van der Waals surface area contributed by atoms with Gasteiger partial charge in [-0.2, -0.15) is 4.52 Å². The Bertz CT molecular complexity index is 1150. The van der Waals surface area contributed by atoms with E-state index < -0.39 is 0 Å². The molecule has 0 aliphatic carbocycles. The Hall–Kier alpha value is -3.25. The molecule has 1 N–H and O–H groups in total. The number of rotatable bonds is 5. The van der Waals surface area contributed by atoms with Gasteiger partial charge in [0.25, 0.3) is 0 Å². The monoisotopic (exact) mass is 399 g/mol. The van der Waals surface area contributed by atoms with E-state index in [1.807, 2.05) is 47.0 Å². The van der Waals surface area contributed by atoms with Crippen molar-refractivity contribution in [3.63, 3.8) is 0 Å². The highest BCUT2D eigenvalue weighted by Gasteiger charge is 2.35. The third kappa shape index (κ3) is 3.44. The van der Waals surface area contributed by atoms with E-state index in [0.717, 1.165) is 55.5 Å². The van der Waals surface area contributed by atoms with Crippen LogP contribution in [-0.4, -0.2) is 39.6 Å². The summed E-state index contributed by atoms with van der Waals surface area (Å²) < 4.78 is 7.49. The summed E-state index contributed by atoms with van der Waals surface area (Å²) in [5, 5.41) is 17.0. The van der Waals surface area contributed by atoms with Crippen molar-refractivity contribution in [1.29, 1.82) is 0 Å². The summed E-state index contributed by atoms with van der Waals surface area (Å²) >= 11 is 0. The molecule has 3 heterocycles. The van der Waals surface area contributed by atoms with Crippen molar-refractivity contribution < 1.29 is 4.74 Å². The van der Waals surface area contributed by atoms with Crippen LogP contribution in [0, 0.1) is 6.92 Å². The minimum absolute atomic E-state index is 0.0374. The lowest BCUT2D eigenvalue weighted by Crippen LogP contribution is -2.40. The predicted molar refractivity (Wildman–Crippen MR) is 118 cm³/mol. The van der Waals surface area contributed by atoms with Gasteiger partial charge in [-0.25, -0.2) is 0 Å². The van der Waals surface area contributed by atoms with Crippen molar-refractivity contribution >= 4 is 11.5 Å². The second kappa shape index (κ2) is 7.88. The summed E-state index contributed by atoms with van der Waals surface area (Å²) in [6.07, 6.45) is 1.99. The number of aryl methyl sites for hydroxylation is 1. The molecular formula is C24H25N5O. The van der Waals surface area contributed by atoms with Crippen LogP contribution in [0.4, 0.5) is 5.82 Å². The third-order valence-electron chi connectivity index (χ3n) is 6.07. The van der Waals surface area contributed by atoms with Crippen LogP contribution in [0.1, 0.15) is 24.0 Å². The number of nitrogens with one attached hydrogen (secondary N) is 1. The van der Waals surface area contributed by atoms with Gasteiger partial charge in [-0.3, -0.25) is 0 Å². The summed E-state index contributed by atoms with van der Waals surface area (Å²) in [5.74, 6) is 1.56. The highest BCUT2D eigenvalue weighted by Crippen LogP contribution is 2.36. The molecule has 0 unspecified atom stereocenters. The molecule has 152 valence electrons. The van der Waals surface area contributed by atoms with E-state index in [0.29, 0.717) is 0 Å². The topological polar surface area (TPSA) is 64.3 Å². The molecule has 30 heavy (non-hydrogen) atoms. The van der Waals surface area contributed by atoms with Crippen LogP contribution in [0.5, 0.6) is 0 Å². The summed E-state index contributed by atoms with van der Waals surface area (Å²) in [7, 11) is 0. The molecule has 0 radical (unpaired) electrons. The van der Waals surface area contributed by atoms with E-state index >= 15 is 0 Å². The molecule has 6 heteroatoms. The number of hydrogen-bond donors (Lipinski definition) is 1. The van der Waals surface area contributed by atoms with Crippen molar-refractivity contribution in [3.05, 3.63) is 77.9 Å². The van der Waals surface area contributed by atoms with Gasteiger partial charge in [0.2, 0.25) is 0 Å². The SMILES string of the molecule is Cc1ccccc1C1(CNc2ccc3nnc(-c4ccccc4)n3n2)CCOCC1. The number of hydrogen-bond acceptors (Lipinski definition) is 5.